The third-order valence-electron chi connectivity index (χ3n) is 4.91. The second-order valence-corrected chi connectivity index (χ2v) is 6.99. The summed E-state index contributed by atoms with van der Waals surface area (Å²) >= 11 is 0. The lowest BCUT2D eigenvalue weighted by Gasteiger charge is -2.33. The third-order valence-corrected chi connectivity index (χ3v) is 4.91. The Morgan fingerprint density at radius 3 is 2.75 bits per heavy atom. The van der Waals surface area contributed by atoms with Crippen LogP contribution in [0.1, 0.15) is 42.9 Å². The quantitative estimate of drug-likeness (QED) is 0.797. The molecule has 4 rings (SSSR count). The Morgan fingerprint density at radius 2 is 2.00 bits per heavy atom. The summed E-state index contributed by atoms with van der Waals surface area (Å²) < 4.78 is 8.04. The van der Waals surface area contributed by atoms with Crippen LogP contribution in [0.5, 0.6) is 0 Å². The average Bonchev–Trinajstić information content (AvgIpc) is 3.33. The van der Waals surface area contributed by atoms with Crippen LogP contribution in [-0.2, 0) is 18.3 Å². The van der Waals surface area contributed by atoms with Crippen LogP contribution in [0.3, 0.4) is 0 Å². The zero-order valence-electron chi connectivity index (χ0n) is 12.4. The van der Waals surface area contributed by atoms with E-state index in [9.17, 15) is 0 Å². The highest BCUT2D eigenvalue weighted by atomic mass is 16.5. The molecule has 1 aliphatic heterocycles. The van der Waals surface area contributed by atoms with E-state index in [-0.39, 0.29) is 0 Å². The monoisotopic (exact) mass is 275 g/mol. The van der Waals surface area contributed by atoms with Crippen molar-refractivity contribution in [2.75, 3.05) is 26.3 Å². The van der Waals surface area contributed by atoms with Crippen LogP contribution in [0.2, 0.25) is 0 Å². The largest absolute Gasteiger partial charge is 0.380 e. The Balaban J connectivity index is 1.43. The summed E-state index contributed by atoms with van der Waals surface area (Å²) in [5.74, 6) is 2.32. The van der Waals surface area contributed by atoms with Crippen molar-refractivity contribution in [3.8, 4) is 0 Å². The van der Waals surface area contributed by atoms with E-state index >= 15 is 0 Å². The topological polar surface area (TPSA) is 30.3 Å². The first-order valence-corrected chi connectivity index (χ1v) is 8.10. The maximum absolute atomic E-state index is 5.98. The number of fused-ring (bicyclic) bond motifs is 1. The fraction of sp³-hybridized carbons (Fsp3) is 0.812. The van der Waals surface area contributed by atoms with Crippen molar-refractivity contribution in [2.24, 2.45) is 18.9 Å². The minimum absolute atomic E-state index is 0.503. The molecule has 0 saturated heterocycles. The summed E-state index contributed by atoms with van der Waals surface area (Å²) in [6.45, 7) is 5.33. The van der Waals surface area contributed by atoms with E-state index in [2.05, 4.69) is 27.9 Å². The summed E-state index contributed by atoms with van der Waals surface area (Å²) in [6, 6.07) is 0. The molecule has 0 amide bonds. The van der Waals surface area contributed by atoms with Crippen molar-refractivity contribution < 1.29 is 4.74 Å². The molecule has 2 saturated carbocycles. The van der Waals surface area contributed by atoms with Crippen LogP contribution in [0.15, 0.2) is 6.20 Å². The van der Waals surface area contributed by atoms with Gasteiger partial charge < -0.3 is 4.74 Å². The first-order valence-electron chi connectivity index (χ1n) is 8.10. The normalized spacial score (nSPS) is 26.8. The van der Waals surface area contributed by atoms with Crippen LogP contribution in [0, 0.1) is 11.8 Å². The molecule has 1 atom stereocenters. The molecule has 1 aromatic heterocycles. The fourth-order valence-corrected chi connectivity index (χ4v) is 3.44. The van der Waals surface area contributed by atoms with Crippen molar-refractivity contribution in [3.05, 3.63) is 17.5 Å². The minimum atomic E-state index is 0.503. The van der Waals surface area contributed by atoms with Crippen molar-refractivity contribution in [3.63, 3.8) is 0 Å². The molecule has 0 N–H and O–H groups in total. The highest BCUT2D eigenvalue weighted by Crippen LogP contribution is 2.35. The molecule has 0 radical (unpaired) electrons. The second kappa shape index (κ2) is 5.15. The number of ether oxygens (including phenoxy) is 1. The van der Waals surface area contributed by atoms with E-state index in [1.54, 1.807) is 0 Å². The summed E-state index contributed by atoms with van der Waals surface area (Å²) in [5.41, 5.74) is 2.83. The van der Waals surface area contributed by atoms with Crippen molar-refractivity contribution in [1.82, 2.24) is 14.7 Å². The lowest BCUT2D eigenvalue weighted by atomic mass is 9.96. The third kappa shape index (κ3) is 2.77. The predicted molar refractivity (Wildman–Crippen MR) is 77.5 cm³/mol. The van der Waals surface area contributed by atoms with Gasteiger partial charge in [-0.15, -0.1) is 0 Å². The van der Waals surface area contributed by atoms with E-state index in [1.165, 1.54) is 43.5 Å². The number of nitrogens with zero attached hydrogens (tertiary/aromatic N) is 3. The van der Waals surface area contributed by atoms with Gasteiger partial charge in [0, 0.05) is 50.5 Å². The van der Waals surface area contributed by atoms with Gasteiger partial charge in [-0.05, 0) is 37.5 Å². The fourth-order valence-electron chi connectivity index (χ4n) is 3.44. The van der Waals surface area contributed by atoms with Gasteiger partial charge in [0.25, 0.3) is 0 Å². The summed E-state index contributed by atoms with van der Waals surface area (Å²) in [5, 5.41) is 4.47. The second-order valence-electron chi connectivity index (χ2n) is 6.99. The van der Waals surface area contributed by atoms with E-state index in [0.717, 1.165) is 38.1 Å². The first kappa shape index (κ1) is 12.8. The summed E-state index contributed by atoms with van der Waals surface area (Å²) in [4.78, 5) is 2.62. The molecule has 0 spiro atoms. The van der Waals surface area contributed by atoms with Crippen LogP contribution in [-0.4, -0.2) is 41.0 Å². The SMILES string of the molecule is Cn1ncc2c1[C@@H](COCC1CC1)CN(CC1CC1)C2. The van der Waals surface area contributed by atoms with Crippen LogP contribution >= 0.6 is 0 Å². The standard InChI is InChI=1S/C16H25N3O/c1-18-16-14(6-17-18)8-19(7-12-2-3-12)9-15(16)11-20-10-13-4-5-13/h6,12-13,15H,2-5,7-11H2,1H3/t15-/m1/s1. The molecule has 4 nitrogen and oxygen atoms in total. The Kier molecular flexibility index (Phi) is 3.31. The Labute approximate surface area is 121 Å². The molecular formula is C16H25N3O. The average molecular weight is 275 g/mol. The van der Waals surface area contributed by atoms with E-state index in [1.807, 2.05) is 0 Å². The van der Waals surface area contributed by atoms with Gasteiger partial charge >= 0.3 is 0 Å². The lowest BCUT2D eigenvalue weighted by molar-refractivity contribution is 0.0875. The Hall–Kier alpha value is -0.870. The van der Waals surface area contributed by atoms with Gasteiger partial charge in [0.15, 0.2) is 0 Å². The Morgan fingerprint density at radius 1 is 1.20 bits per heavy atom. The molecule has 2 aliphatic carbocycles. The first-order chi connectivity index (χ1) is 9.79. The van der Waals surface area contributed by atoms with Gasteiger partial charge in [-0.1, -0.05) is 0 Å². The highest BCUT2D eigenvalue weighted by molar-refractivity contribution is 5.25. The molecule has 20 heavy (non-hydrogen) atoms. The molecule has 110 valence electrons. The molecule has 0 bridgehead atoms. The molecular weight excluding hydrogens is 250 g/mol. The Bertz CT molecular complexity index is 476. The van der Waals surface area contributed by atoms with Gasteiger partial charge in [0.1, 0.15) is 0 Å². The van der Waals surface area contributed by atoms with Crippen molar-refractivity contribution >= 4 is 0 Å². The smallest absolute Gasteiger partial charge is 0.0562 e. The number of aryl methyl sites for hydroxylation is 1. The van der Waals surface area contributed by atoms with Crippen LogP contribution in [0.4, 0.5) is 0 Å². The predicted octanol–water partition coefficient (Wildman–Crippen LogP) is 2.16. The van der Waals surface area contributed by atoms with Crippen molar-refractivity contribution in [1.29, 1.82) is 0 Å². The highest BCUT2D eigenvalue weighted by Gasteiger charge is 2.32. The number of rotatable bonds is 6. The maximum atomic E-state index is 5.98. The van der Waals surface area contributed by atoms with Gasteiger partial charge in [-0.3, -0.25) is 9.58 Å². The van der Waals surface area contributed by atoms with Gasteiger partial charge in [0.05, 0.1) is 12.8 Å². The summed E-state index contributed by atoms with van der Waals surface area (Å²) in [7, 11) is 2.07. The molecule has 4 heteroatoms. The van der Waals surface area contributed by atoms with Gasteiger partial charge in [-0.25, -0.2) is 0 Å². The number of hydrogen-bond acceptors (Lipinski definition) is 3. The molecule has 3 aliphatic rings. The zero-order valence-corrected chi connectivity index (χ0v) is 12.4. The molecule has 2 heterocycles. The molecule has 1 aromatic rings. The zero-order chi connectivity index (χ0) is 13.5. The minimum Gasteiger partial charge on any atom is -0.380 e. The summed E-state index contributed by atoms with van der Waals surface area (Å²) in [6.07, 6.45) is 7.66. The molecule has 2 fully saturated rings. The van der Waals surface area contributed by atoms with Crippen molar-refractivity contribution in [2.45, 2.75) is 38.1 Å². The van der Waals surface area contributed by atoms with Crippen LogP contribution < -0.4 is 0 Å². The molecule has 0 aromatic carbocycles. The van der Waals surface area contributed by atoms with Crippen LogP contribution in [0.25, 0.3) is 0 Å². The van der Waals surface area contributed by atoms with E-state index < -0.39 is 0 Å². The number of hydrogen-bond donors (Lipinski definition) is 0. The van der Waals surface area contributed by atoms with E-state index in [4.69, 9.17) is 4.74 Å². The molecule has 0 unspecified atom stereocenters. The number of aromatic nitrogens is 2. The maximum Gasteiger partial charge on any atom is 0.0562 e. The van der Waals surface area contributed by atoms with Gasteiger partial charge in [-0.2, -0.15) is 5.10 Å². The van der Waals surface area contributed by atoms with Gasteiger partial charge in [0.2, 0.25) is 0 Å². The lowest BCUT2D eigenvalue weighted by Crippen LogP contribution is -2.37. The van der Waals surface area contributed by atoms with E-state index in [0.29, 0.717) is 5.92 Å².